The molecule has 0 saturated heterocycles. The first-order chi connectivity index (χ1) is 7.63. The van der Waals surface area contributed by atoms with Crippen LogP contribution in [-0.2, 0) is 6.42 Å². The number of nitrogens with zero attached hydrogens (tertiary/aromatic N) is 1. The lowest BCUT2D eigenvalue weighted by Gasteiger charge is -2.24. The molecule has 16 heavy (non-hydrogen) atoms. The summed E-state index contributed by atoms with van der Waals surface area (Å²) in [7, 11) is 0. The summed E-state index contributed by atoms with van der Waals surface area (Å²) in [5.41, 5.74) is 5.84. The zero-order chi connectivity index (χ0) is 11.6. The Morgan fingerprint density at radius 2 is 2.38 bits per heavy atom. The molecule has 0 bridgehead atoms. The third-order valence-electron chi connectivity index (χ3n) is 3.77. The van der Waals surface area contributed by atoms with E-state index in [-0.39, 0.29) is 0 Å². The van der Waals surface area contributed by atoms with Gasteiger partial charge in [-0.05, 0) is 31.2 Å². The Morgan fingerprint density at radius 3 is 3.00 bits per heavy atom. The molecule has 1 unspecified atom stereocenters. The Morgan fingerprint density at radius 1 is 1.56 bits per heavy atom. The molecule has 2 N–H and O–H groups in total. The second-order valence-electron chi connectivity index (χ2n) is 5.48. The van der Waals surface area contributed by atoms with Crippen molar-refractivity contribution in [2.24, 2.45) is 11.1 Å². The average Bonchev–Trinajstić information content (AvgIpc) is 2.81. The van der Waals surface area contributed by atoms with Gasteiger partial charge in [0.05, 0.1) is 6.20 Å². The first-order valence-electron chi connectivity index (χ1n) is 6.28. The van der Waals surface area contributed by atoms with Gasteiger partial charge in [-0.3, -0.25) is 0 Å². The molecule has 1 aromatic heterocycles. The summed E-state index contributed by atoms with van der Waals surface area (Å²) in [5.74, 6) is 2.48. The van der Waals surface area contributed by atoms with Gasteiger partial charge in [0.1, 0.15) is 5.76 Å². The Hall–Kier alpha value is -0.830. The molecule has 1 fully saturated rings. The number of oxazole rings is 1. The molecule has 1 heterocycles. The van der Waals surface area contributed by atoms with Crippen LogP contribution in [0.3, 0.4) is 0 Å². The highest BCUT2D eigenvalue weighted by atomic mass is 16.4. The first kappa shape index (κ1) is 11.6. The normalized spacial score (nSPS) is 23.8. The van der Waals surface area contributed by atoms with Crippen LogP contribution in [0.1, 0.15) is 57.1 Å². The topological polar surface area (TPSA) is 52.0 Å². The van der Waals surface area contributed by atoms with Crippen molar-refractivity contribution in [2.75, 3.05) is 6.54 Å². The third kappa shape index (κ3) is 2.29. The van der Waals surface area contributed by atoms with E-state index >= 15 is 0 Å². The molecule has 2 rings (SSSR count). The number of hydrogen-bond donors (Lipinski definition) is 1. The van der Waals surface area contributed by atoms with Crippen LogP contribution in [-0.4, -0.2) is 11.5 Å². The van der Waals surface area contributed by atoms with E-state index < -0.39 is 0 Å². The summed E-state index contributed by atoms with van der Waals surface area (Å²) in [4.78, 5) is 4.34. The van der Waals surface area contributed by atoms with Gasteiger partial charge < -0.3 is 10.2 Å². The number of nitrogens with two attached hydrogens (primary N) is 1. The third-order valence-corrected chi connectivity index (χ3v) is 3.77. The van der Waals surface area contributed by atoms with Gasteiger partial charge in [0.25, 0.3) is 0 Å². The highest BCUT2D eigenvalue weighted by Gasteiger charge is 2.37. The molecule has 3 nitrogen and oxygen atoms in total. The summed E-state index contributed by atoms with van der Waals surface area (Å²) >= 11 is 0. The molecule has 1 saturated carbocycles. The van der Waals surface area contributed by atoms with Crippen molar-refractivity contribution >= 4 is 0 Å². The van der Waals surface area contributed by atoms with Crippen LogP contribution in [0.5, 0.6) is 0 Å². The van der Waals surface area contributed by atoms with Crippen molar-refractivity contribution in [2.45, 2.75) is 51.9 Å². The Balaban J connectivity index is 2.06. The zero-order valence-electron chi connectivity index (χ0n) is 10.3. The summed E-state index contributed by atoms with van der Waals surface area (Å²) in [6.07, 6.45) is 7.56. The van der Waals surface area contributed by atoms with Gasteiger partial charge in [0, 0.05) is 12.3 Å². The second kappa shape index (κ2) is 4.58. The van der Waals surface area contributed by atoms with Crippen molar-refractivity contribution in [3.8, 4) is 0 Å². The number of hydrogen-bond acceptors (Lipinski definition) is 3. The molecular weight excluding hydrogens is 200 g/mol. The minimum atomic E-state index is 0.366. The van der Waals surface area contributed by atoms with E-state index in [0.29, 0.717) is 17.9 Å². The first-order valence-corrected chi connectivity index (χ1v) is 6.28. The summed E-state index contributed by atoms with van der Waals surface area (Å²) in [6, 6.07) is 0. The fourth-order valence-corrected chi connectivity index (χ4v) is 2.71. The van der Waals surface area contributed by atoms with E-state index in [9.17, 15) is 0 Å². The molecule has 1 aliphatic carbocycles. The van der Waals surface area contributed by atoms with Gasteiger partial charge in [0.15, 0.2) is 5.89 Å². The van der Waals surface area contributed by atoms with Gasteiger partial charge in [-0.25, -0.2) is 4.98 Å². The van der Waals surface area contributed by atoms with E-state index in [4.69, 9.17) is 10.2 Å². The molecule has 0 aliphatic heterocycles. The number of aryl methyl sites for hydroxylation is 1. The maximum absolute atomic E-state index is 5.84. The van der Waals surface area contributed by atoms with Crippen LogP contribution in [0, 0.1) is 5.41 Å². The van der Waals surface area contributed by atoms with E-state index in [1.807, 2.05) is 6.20 Å². The Bertz CT molecular complexity index is 343. The maximum atomic E-state index is 5.84. The maximum Gasteiger partial charge on any atom is 0.194 e. The lowest BCUT2D eigenvalue weighted by Crippen LogP contribution is -2.14. The zero-order valence-corrected chi connectivity index (χ0v) is 10.3. The minimum Gasteiger partial charge on any atom is -0.445 e. The fourth-order valence-electron chi connectivity index (χ4n) is 2.71. The largest absolute Gasteiger partial charge is 0.445 e. The van der Waals surface area contributed by atoms with Gasteiger partial charge in [-0.15, -0.1) is 0 Å². The van der Waals surface area contributed by atoms with Crippen molar-refractivity contribution in [1.29, 1.82) is 0 Å². The number of aromatic nitrogens is 1. The Kier molecular flexibility index (Phi) is 3.33. The molecule has 1 aromatic rings. The van der Waals surface area contributed by atoms with Crippen molar-refractivity contribution in [3.05, 3.63) is 17.8 Å². The van der Waals surface area contributed by atoms with E-state index in [0.717, 1.165) is 24.5 Å². The van der Waals surface area contributed by atoms with Crippen LogP contribution in [0.25, 0.3) is 0 Å². The van der Waals surface area contributed by atoms with Crippen molar-refractivity contribution < 1.29 is 4.42 Å². The van der Waals surface area contributed by atoms with Crippen molar-refractivity contribution in [1.82, 2.24) is 4.98 Å². The molecule has 0 radical (unpaired) electrons. The Labute approximate surface area is 97.4 Å². The van der Waals surface area contributed by atoms with Crippen LogP contribution >= 0.6 is 0 Å². The minimum absolute atomic E-state index is 0.366. The molecule has 90 valence electrons. The van der Waals surface area contributed by atoms with Gasteiger partial charge in [0.2, 0.25) is 0 Å². The predicted molar refractivity (Wildman–Crippen MR) is 64.3 cm³/mol. The lowest BCUT2D eigenvalue weighted by atomic mass is 9.81. The highest BCUT2D eigenvalue weighted by molar-refractivity contribution is 5.09. The quantitative estimate of drug-likeness (QED) is 0.852. The predicted octanol–water partition coefficient (Wildman–Crippen LogP) is 2.86. The van der Waals surface area contributed by atoms with Crippen LogP contribution in [0.2, 0.25) is 0 Å². The molecule has 3 heteroatoms. The molecule has 0 amide bonds. The number of rotatable bonds is 4. The van der Waals surface area contributed by atoms with Gasteiger partial charge in [-0.1, -0.05) is 20.3 Å². The van der Waals surface area contributed by atoms with E-state index in [2.05, 4.69) is 18.8 Å². The van der Waals surface area contributed by atoms with Crippen LogP contribution < -0.4 is 5.73 Å². The summed E-state index contributed by atoms with van der Waals surface area (Å²) in [6.45, 7) is 5.35. The van der Waals surface area contributed by atoms with Gasteiger partial charge in [-0.2, -0.15) is 0 Å². The molecule has 0 spiro atoms. The molecule has 1 aliphatic rings. The average molecular weight is 222 g/mol. The van der Waals surface area contributed by atoms with E-state index in [1.54, 1.807) is 0 Å². The monoisotopic (exact) mass is 222 g/mol. The standard InChI is InChI=1S/C13H22N2O/c1-13(2)7-3-5-10(13)11-9-15-12(16-11)6-4-8-14/h9-10H,3-8,14H2,1-2H3. The molecular formula is C13H22N2O. The summed E-state index contributed by atoms with van der Waals surface area (Å²) < 4.78 is 5.84. The smallest absolute Gasteiger partial charge is 0.194 e. The van der Waals surface area contributed by atoms with Crippen LogP contribution in [0.4, 0.5) is 0 Å². The van der Waals surface area contributed by atoms with Crippen molar-refractivity contribution in [3.63, 3.8) is 0 Å². The SMILES string of the molecule is CC1(C)CCCC1c1cnc(CCCN)o1. The lowest BCUT2D eigenvalue weighted by molar-refractivity contribution is 0.287. The molecule has 0 aromatic carbocycles. The summed E-state index contributed by atoms with van der Waals surface area (Å²) in [5, 5.41) is 0. The van der Waals surface area contributed by atoms with E-state index in [1.165, 1.54) is 19.3 Å². The van der Waals surface area contributed by atoms with Crippen LogP contribution in [0.15, 0.2) is 10.6 Å². The molecule has 1 atom stereocenters. The highest BCUT2D eigenvalue weighted by Crippen LogP contribution is 2.48. The second-order valence-corrected chi connectivity index (χ2v) is 5.48. The fraction of sp³-hybridized carbons (Fsp3) is 0.769. The van der Waals surface area contributed by atoms with Gasteiger partial charge >= 0.3 is 0 Å².